The van der Waals surface area contributed by atoms with E-state index in [2.05, 4.69) is 14.9 Å². The normalized spacial score (nSPS) is 21.7. The predicted octanol–water partition coefficient (Wildman–Crippen LogP) is 2.62. The molecule has 0 spiro atoms. The lowest BCUT2D eigenvalue weighted by molar-refractivity contribution is -0.116. The van der Waals surface area contributed by atoms with Crippen LogP contribution in [0, 0.1) is 0 Å². The predicted molar refractivity (Wildman–Crippen MR) is 109 cm³/mol. The van der Waals surface area contributed by atoms with Crippen LogP contribution in [0.15, 0.2) is 47.0 Å². The zero-order valence-corrected chi connectivity index (χ0v) is 15.6. The van der Waals surface area contributed by atoms with Crippen molar-refractivity contribution in [1.29, 1.82) is 0 Å². The Labute approximate surface area is 166 Å². The van der Waals surface area contributed by atoms with Gasteiger partial charge in [0.05, 0.1) is 30.4 Å². The van der Waals surface area contributed by atoms with Crippen molar-refractivity contribution in [2.45, 2.75) is 12.2 Å². The van der Waals surface area contributed by atoms with Crippen LogP contribution < -0.4 is 10.6 Å². The number of rotatable bonds is 2. The maximum Gasteiger partial charge on any atom is 0.292 e. The van der Waals surface area contributed by atoms with Gasteiger partial charge in [0.25, 0.3) is 6.01 Å². The van der Waals surface area contributed by atoms with Gasteiger partial charge in [-0.25, -0.2) is 4.98 Å². The van der Waals surface area contributed by atoms with Crippen molar-refractivity contribution in [2.75, 3.05) is 36.9 Å². The second kappa shape index (κ2) is 6.40. The van der Waals surface area contributed by atoms with Gasteiger partial charge in [-0.3, -0.25) is 4.98 Å². The Hall–Kier alpha value is -3.23. The van der Waals surface area contributed by atoms with Crippen molar-refractivity contribution in [3.05, 3.63) is 42.6 Å². The van der Waals surface area contributed by atoms with E-state index in [1.807, 2.05) is 42.6 Å². The number of hydrogen-bond acceptors (Lipinski definition) is 8. The van der Waals surface area contributed by atoms with Gasteiger partial charge in [0.1, 0.15) is 23.5 Å². The summed E-state index contributed by atoms with van der Waals surface area (Å²) in [6, 6.07) is 12.1. The Morgan fingerprint density at radius 3 is 2.38 bits per heavy atom. The van der Waals surface area contributed by atoms with Crippen molar-refractivity contribution in [1.82, 2.24) is 15.0 Å². The molecule has 0 unspecified atom stereocenters. The molecule has 4 aromatic rings. The summed E-state index contributed by atoms with van der Waals surface area (Å²) in [5, 5.41) is 0. The number of ether oxygens (including phenoxy) is 2. The van der Waals surface area contributed by atoms with Crippen molar-refractivity contribution in [3.8, 4) is 11.1 Å². The minimum Gasteiger partial charge on any atom is -0.424 e. The summed E-state index contributed by atoms with van der Waals surface area (Å²) in [6.07, 6.45) is 2.03. The number of fused-ring (bicyclic) bond motifs is 3. The summed E-state index contributed by atoms with van der Waals surface area (Å²) in [5.74, 6) is 0.843. The van der Waals surface area contributed by atoms with Gasteiger partial charge in [-0.1, -0.05) is 12.1 Å². The number of oxazole rings is 1. The molecule has 146 valence electrons. The van der Waals surface area contributed by atoms with Gasteiger partial charge >= 0.3 is 0 Å². The van der Waals surface area contributed by atoms with Gasteiger partial charge in [-0.05, 0) is 35.4 Å². The first-order valence-corrected chi connectivity index (χ1v) is 9.64. The molecular formula is C21H19N5O3. The summed E-state index contributed by atoms with van der Waals surface area (Å²) < 4.78 is 17.0. The van der Waals surface area contributed by atoms with Gasteiger partial charge in [-0.2, -0.15) is 4.98 Å². The Morgan fingerprint density at radius 1 is 0.862 bits per heavy atom. The molecule has 8 heteroatoms. The van der Waals surface area contributed by atoms with Crippen LogP contribution >= 0.6 is 0 Å². The second-order valence-electron chi connectivity index (χ2n) is 7.39. The molecule has 2 aliphatic rings. The van der Waals surface area contributed by atoms with Crippen LogP contribution in [0.5, 0.6) is 0 Å². The van der Waals surface area contributed by atoms with Crippen molar-refractivity contribution in [2.24, 2.45) is 0 Å². The molecule has 0 saturated carbocycles. The highest BCUT2D eigenvalue weighted by molar-refractivity contribution is 5.86. The minimum absolute atomic E-state index is 0.106. The SMILES string of the molecule is Nc1nc2cc(-c3ccc4ncc(N5C[C@@H]6OCCO[C@H]6C5)nc4c3)ccc2o1. The summed E-state index contributed by atoms with van der Waals surface area (Å²) in [4.78, 5) is 15.9. The van der Waals surface area contributed by atoms with Crippen molar-refractivity contribution in [3.63, 3.8) is 0 Å². The standard InChI is InChI=1S/C21H19N5O3/c22-21-25-16-8-13(2-4-17(16)29-21)12-1-3-14-15(7-12)24-20(9-23-14)26-10-18-19(11-26)28-6-5-27-18/h1-4,7-9,18-19H,5-6,10-11H2,(H2,22,25)/t18-,19-/m0/s1. The molecule has 0 radical (unpaired) electrons. The van der Waals surface area contributed by atoms with E-state index in [1.165, 1.54) is 0 Å². The van der Waals surface area contributed by atoms with Crippen LogP contribution in [0.25, 0.3) is 33.3 Å². The zero-order chi connectivity index (χ0) is 19.4. The van der Waals surface area contributed by atoms with Gasteiger partial charge in [0.15, 0.2) is 5.58 Å². The van der Waals surface area contributed by atoms with Gasteiger partial charge in [-0.15, -0.1) is 0 Å². The Balaban J connectivity index is 1.35. The smallest absolute Gasteiger partial charge is 0.292 e. The third kappa shape index (κ3) is 2.88. The number of aromatic nitrogens is 3. The molecule has 2 aromatic heterocycles. The van der Waals surface area contributed by atoms with Gasteiger partial charge in [0.2, 0.25) is 0 Å². The number of anilines is 2. The van der Waals surface area contributed by atoms with Crippen LogP contribution in [0.1, 0.15) is 0 Å². The largest absolute Gasteiger partial charge is 0.424 e. The maximum atomic E-state index is 5.82. The third-order valence-electron chi connectivity index (χ3n) is 5.55. The van der Waals surface area contributed by atoms with Crippen LogP contribution in [-0.2, 0) is 9.47 Å². The summed E-state index contributed by atoms with van der Waals surface area (Å²) in [6.45, 7) is 2.86. The summed E-state index contributed by atoms with van der Waals surface area (Å²) in [7, 11) is 0. The van der Waals surface area contributed by atoms with Gasteiger partial charge in [0, 0.05) is 13.1 Å². The van der Waals surface area contributed by atoms with E-state index in [1.54, 1.807) is 0 Å². The Morgan fingerprint density at radius 2 is 1.59 bits per heavy atom. The van der Waals surface area contributed by atoms with E-state index in [9.17, 15) is 0 Å². The topological polar surface area (TPSA) is 99.5 Å². The van der Waals surface area contributed by atoms with Crippen molar-refractivity contribution >= 4 is 34.0 Å². The first-order chi connectivity index (χ1) is 14.2. The molecule has 29 heavy (non-hydrogen) atoms. The number of nitrogens with zero attached hydrogens (tertiary/aromatic N) is 4. The lowest BCUT2D eigenvalue weighted by atomic mass is 10.0. The van der Waals surface area contributed by atoms with E-state index in [0.717, 1.165) is 46.6 Å². The average Bonchev–Trinajstić information content (AvgIpc) is 3.34. The molecular weight excluding hydrogens is 370 g/mol. The molecule has 2 atom stereocenters. The monoisotopic (exact) mass is 389 g/mol. The van der Waals surface area contributed by atoms with E-state index in [-0.39, 0.29) is 18.2 Å². The highest BCUT2D eigenvalue weighted by atomic mass is 16.6. The van der Waals surface area contributed by atoms with Gasteiger partial charge < -0.3 is 24.5 Å². The molecule has 4 heterocycles. The number of nitrogens with two attached hydrogens (primary N) is 1. The number of benzene rings is 2. The Bertz CT molecular complexity index is 1210. The molecule has 6 rings (SSSR count). The highest BCUT2D eigenvalue weighted by Crippen LogP contribution is 2.29. The van der Waals surface area contributed by atoms with Crippen LogP contribution in [0.2, 0.25) is 0 Å². The molecule has 2 saturated heterocycles. The molecule has 8 nitrogen and oxygen atoms in total. The minimum atomic E-state index is 0.106. The molecule has 2 N–H and O–H groups in total. The van der Waals surface area contributed by atoms with E-state index >= 15 is 0 Å². The van der Waals surface area contributed by atoms with Crippen LogP contribution in [0.3, 0.4) is 0 Å². The molecule has 2 aromatic carbocycles. The van der Waals surface area contributed by atoms with E-state index in [4.69, 9.17) is 24.6 Å². The highest BCUT2D eigenvalue weighted by Gasteiger charge is 2.37. The lowest BCUT2D eigenvalue weighted by Crippen LogP contribution is -2.36. The lowest BCUT2D eigenvalue weighted by Gasteiger charge is -2.24. The van der Waals surface area contributed by atoms with Crippen molar-refractivity contribution < 1.29 is 13.9 Å². The summed E-state index contributed by atoms with van der Waals surface area (Å²) >= 11 is 0. The van der Waals surface area contributed by atoms with E-state index < -0.39 is 0 Å². The first kappa shape index (κ1) is 16.7. The molecule has 0 bridgehead atoms. The van der Waals surface area contributed by atoms with Crippen LogP contribution in [-0.4, -0.2) is 53.5 Å². The fourth-order valence-electron chi connectivity index (χ4n) is 4.11. The number of hydrogen-bond donors (Lipinski definition) is 1. The fraction of sp³-hybridized carbons (Fsp3) is 0.286. The zero-order valence-electron chi connectivity index (χ0n) is 15.6. The third-order valence-corrected chi connectivity index (χ3v) is 5.55. The fourth-order valence-corrected chi connectivity index (χ4v) is 4.11. The van der Waals surface area contributed by atoms with Crippen LogP contribution in [0.4, 0.5) is 11.8 Å². The quantitative estimate of drug-likeness (QED) is 0.559. The molecule has 2 fully saturated rings. The molecule has 2 aliphatic heterocycles. The maximum absolute atomic E-state index is 5.82. The molecule has 0 amide bonds. The average molecular weight is 389 g/mol. The van der Waals surface area contributed by atoms with E-state index in [0.29, 0.717) is 18.8 Å². The summed E-state index contributed by atoms with van der Waals surface area (Å²) in [5.41, 5.74) is 10.8. The number of nitrogen functional groups attached to an aromatic ring is 1. The second-order valence-corrected chi connectivity index (χ2v) is 7.39. The molecule has 0 aliphatic carbocycles. The Kier molecular flexibility index (Phi) is 3.68. The first-order valence-electron chi connectivity index (χ1n) is 9.64.